The van der Waals surface area contributed by atoms with Crippen LogP contribution in [0.4, 0.5) is 0 Å². The molecule has 0 aromatic carbocycles. The van der Waals surface area contributed by atoms with Crippen LogP contribution in [0.3, 0.4) is 0 Å². The van der Waals surface area contributed by atoms with Gasteiger partial charge in [0, 0.05) is 25.9 Å². The summed E-state index contributed by atoms with van der Waals surface area (Å²) in [6, 6.07) is 0.780. The summed E-state index contributed by atoms with van der Waals surface area (Å²) < 4.78 is 27.7. The lowest BCUT2D eigenvalue weighted by molar-refractivity contribution is 0.0715. The van der Waals surface area contributed by atoms with E-state index in [4.69, 9.17) is 22.8 Å². The highest BCUT2D eigenvalue weighted by Gasteiger charge is 2.39. The third-order valence-corrected chi connectivity index (χ3v) is 5.67. The van der Waals surface area contributed by atoms with Crippen molar-refractivity contribution in [3.05, 3.63) is 12.3 Å². The third-order valence-electron chi connectivity index (χ3n) is 2.59. The normalized spacial score (nSPS) is 19.0. The van der Waals surface area contributed by atoms with Crippen LogP contribution in [0.5, 0.6) is 0 Å². The molecule has 0 aliphatic carbocycles. The maximum absolute atomic E-state index is 5.76. The van der Waals surface area contributed by atoms with Crippen LogP contribution in [0.1, 0.15) is 27.2 Å². The van der Waals surface area contributed by atoms with Crippen molar-refractivity contribution in [2.45, 2.75) is 39.3 Å². The van der Waals surface area contributed by atoms with E-state index in [0.29, 0.717) is 32.5 Å². The molecule has 0 N–H and O–H groups in total. The molecule has 19 heavy (non-hydrogen) atoms. The summed E-state index contributed by atoms with van der Waals surface area (Å²) in [5.74, 6) is 0. The molecule has 0 aromatic heterocycles. The Kier molecular flexibility index (Phi) is 8.32. The Bertz CT molecular complexity index is 238. The van der Waals surface area contributed by atoms with Gasteiger partial charge in [0.25, 0.3) is 0 Å². The van der Waals surface area contributed by atoms with Gasteiger partial charge in [0.05, 0.1) is 12.9 Å². The Hall–Kier alpha value is -0.403. The van der Waals surface area contributed by atoms with Crippen LogP contribution in [0.25, 0.3) is 0 Å². The summed E-state index contributed by atoms with van der Waals surface area (Å²) in [5.41, 5.74) is 0. The zero-order chi connectivity index (χ0) is 14.0. The fraction of sp³-hybridized carbons (Fsp3) is 0.846. The van der Waals surface area contributed by atoms with Crippen molar-refractivity contribution in [1.29, 1.82) is 0 Å². The maximum Gasteiger partial charge on any atom is 0.501 e. The summed E-state index contributed by atoms with van der Waals surface area (Å²) in [4.78, 5) is 0. The SMILES string of the molecule is CCO[Si](CC/C=C/OCC1CO1)(OCC)OCC. The lowest BCUT2D eigenvalue weighted by atomic mass is 10.5. The highest BCUT2D eigenvalue weighted by Crippen LogP contribution is 2.18. The predicted octanol–water partition coefficient (Wildman–Crippen LogP) is 2.35. The number of rotatable bonds is 12. The van der Waals surface area contributed by atoms with Crippen LogP contribution in [-0.4, -0.2) is 47.9 Å². The number of hydrogen-bond acceptors (Lipinski definition) is 5. The first kappa shape index (κ1) is 16.7. The molecular weight excluding hydrogens is 264 g/mol. The van der Waals surface area contributed by atoms with Crippen molar-refractivity contribution in [3.8, 4) is 0 Å². The molecule has 1 heterocycles. The zero-order valence-electron chi connectivity index (χ0n) is 12.2. The van der Waals surface area contributed by atoms with Gasteiger partial charge in [-0.1, -0.05) is 0 Å². The second-order valence-corrected chi connectivity index (χ2v) is 6.91. The van der Waals surface area contributed by atoms with Crippen LogP contribution >= 0.6 is 0 Å². The van der Waals surface area contributed by atoms with Crippen molar-refractivity contribution in [2.24, 2.45) is 0 Å². The molecule has 0 saturated carbocycles. The molecule has 0 radical (unpaired) electrons. The number of ether oxygens (including phenoxy) is 2. The Morgan fingerprint density at radius 1 is 1.11 bits per heavy atom. The van der Waals surface area contributed by atoms with Crippen molar-refractivity contribution < 1.29 is 22.8 Å². The molecule has 1 aliphatic heterocycles. The summed E-state index contributed by atoms with van der Waals surface area (Å²) in [5, 5.41) is 0. The maximum atomic E-state index is 5.76. The molecule has 5 nitrogen and oxygen atoms in total. The summed E-state index contributed by atoms with van der Waals surface area (Å²) in [6.45, 7) is 9.21. The average Bonchev–Trinajstić information content (AvgIpc) is 3.19. The number of hydrogen-bond donors (Lipinski definition) is 0. The van der Waals surface area contributed by atoms with Crippen LogP contribution in [0, 0.1) is 0 Å². The van der Waals surface area contributed by atoms with E-state index in [0.717, 1.165) is 19.1 Å². The van der Waals surface area contributed by atoms with E-state index >= 15 is 0 Å². The minimum absolute atomic E-state index is 0.299. The Morgan fingerprint density at radius 3 is 2.16 bits per heavy atom. The van der Waals surface area contributed by atoms with Crippen LogP contribution in [0.15, 0.2) is 12.3 Å². The third kappa shape index (κ3) is 7.08. The molecule has 6 heteroatoms. The first-order chi connectivity index (χ1) is 9.26. The first-order valence-electron chi connectivity index (χ1n) is 7.06. The van der Waals surface area contributed by atoms with Gasteiger partial charge in [-0.05, 0) is 33.3 Å². The molecule has 1 fully saturated rings. The molecule has 1 unspecified atom stereocenters. The van der Waals surface area contributed by atoms with Gasteiger partial charge >= 0.3 is 8.80 Å². The predicted molar refractivity (Wildman–Crippen MR) is 74.9 cm³/mol. The fourth-order valence-electron chi connectivity index (χ4n) is 1.72. The molecule has 1 atom stereocenters. The quantitative estimate of drug-likeness (QED) is 0.314. The van der Waals surface area contributed by atoms with Crippen LogP contribution in [-0.2, 0) is 22.8 Å². The van der Waals surface area contributed by atoms with E-state index < -0.39 is 8.80 Å². The van der Waals surface area contributed by atoms with Gasteiger partial charge in [0.15, 0.2) is 0 Å². The average molecular weight is 290 g/mol. The summed E-state index contributed by atoms with van der Waals surface area (Å²) >= 11 is 0. The summed E-state index contributed by atoms with van der Waals surface area (Å²) in [7, 11) is -2.50. The fourth-order valence-corrected chi connectivity index (χ4v) is 4.25. The van der Waals surface area contributed by atoms with E-state index in [1.54, 1.807) is 6.26 Å². The van der Waals surface area contributed by atoms with Crippen molar-refractivity contribution in [2.75, 3.05) is 33.0 Å². The molecule has 0 bridgehead atoms. The van der Waals surface area contributed by atoms with Gasteiger partial charge in [-0.25, -0.2) is 0 Å². The van der Waals surface area contributed by atoms with Gasteiger partial charge in [-0.15, -0.1) is 0 Å². The first-order valence-corrected chi connectivity index (χ1v) is 8.99. The standard InChI is InChI=1S/C13H26O5Si/c1-4-16-19(17-5-2,18-6-3)10-8-7-9-14-11-13-12-15-13/h7,9,13H,4-6,8,10-12H2,1-3H3/b9-7+. The molecule has 1 saturated heterocycles. The van der Waals surface area contributed by atoms with Crippen LogP contribution in [0.2, 0.25) is 6.04 Å². The van der Waals surface area contributed by atoms with Gasteiger partial charge in [-0.2, -0.15) is 0 Å². The molecule has 0 amide bonds. The highest BCUT2D eigenvalue weighted by molar-refractivity contribution is 6.60. The van der Waals surface area contributed by atoms with Crippen molar-refractivity contribution >= 4 is 8.80 Å². The minimum atomic E-state index is -2.50. The van der Waals surface area contributed by atoms with Crippen molar-refractivity contribution in [3.63, 3.8) is 0 Å². The van der Waals surface area contributed by atoms with E-state index in [9.17, 15) is 0 Å². The molecule has 1 aliphatic rings. The van der Waals surface area contributed by atoms with E-state index in [-0.39, 0.29) is 0 Å². The second-order valence-electron chi connectivity index (χ2n) is 4.18. The Labute approximate surface area is 117 Å². The monoisotopic (exact) mass is 290 g/mol. The lowest BCUT2D eigenvalue weighted by Crippen LogP contribution is -2.45. The molecule has 1 rings (SSSR count). The van der Waals surface area contributed by atoms with Gasteiger partial charge < -0.3 is 22.8 Å². The summed E-state index contributed by atoms with van der Waals surface area (Å²) in [6.07, 6.45) is 4.84. The minimum Gasteiger partial charge on any atom is -0.499 e. The molecule has 0 spiro atoms. The van der Waals surface area contributed by atoms with Crippen molar-refractivity contribution in [1.82, 2.24) is 0 Å². The Morgan fingerprint density at radius 2 is 1.68 bits per heavy atom. The smallest absolute Gasteiger partial charge is 0.499 e. The molecule has 0 aromatic rings. The molecular formula is C13H26O5Si. The topological polar surface area (TPSA) is 49.5 Å². The second kappa shape index (κ2) is 9.49. The number of epoxide rings is 1. The zero-order valence-corrected chi connectivity index (χ0v) is 13.2. The van der Waals surface area contributed by atoms with Gasteiger partial charge in [0.1, 0.15) is 12.7 Å². The van der Waals surface area contributed by atoms with Gasteiger partial charge in [-0.3, -0.25) is 0 Å². The highest BCUT2D eigenvalue weighted by atomic mass is 28.4. The van der Waals surface area contributed by atoms with Crippen LogP contribution < -0.4 is 0 Å². The van der Waals surface area contributed by atoms with E-state index in [1.807, 2.05) is 26.8 Å². The molecule has 112 valence electrons. The Balaban J connectivity index is 2.27. The van der Waals surface area contributed by atoms with Gasteiger partial charge in [0.2, 0.25) is 0 Å². The van der Waals surface area contributed by atoms with E-state index in [2.05, 4.69) is 0 Å². The lowest BCUT2D eigenvalue weighted by Gasteiger charge is -2.28. The largest absolute Gasteiger partial charge is 0.501 e. The van der Waals surface area contributed by atoms with E-state index in [1.165, 1.54) is 0 Å². The number of allylic oxidation sites excluding steroid dienone is 1.